The van der Waals surface area contributed by atoms with Gasteiger partial charge in [0.25, 0.3) is 0 Å². The monoisotopic (exact) mass is 218 g/mol. The minimum atomic E-state index is 0.231. The molecule has 2 aromatic rings. The lowest BCUT2D eigenvalue weighted by molar-refractivity contribution is 0.804. The van der Waals surface area contributed by atoms with Crippen LogP contribution in [-0.2, 0) is 0 Å². The average molecular weight is 218 g/mol. The van der Waals surface area contributed by atoms with Crippen molar-refractivity contribution < 1.29 is 0 Å². The molecule has 0 radical (unpaired) electrons. The number of nitrogens with one attached hydrogen (secondary N) is 1. The molecule has 0 aliphatic rings. The number of aromatic nitrogens is 4. The van der Waals surface area contributed by atoms with E-state index in [9.17, 15) is 0 Å². The van der Waals surface area contributed by atoms with Gasteiger partial charge in [0, 0.05) is 18.8 Å². The van der Waals surface area contributed by atoms with Gasteiger partial charge in [0.15, 0.2) is 5.82 Å². The first kappa shape index (κ1) is 10.4. The normalized spacial score (nSPS) is 10.4. The van der Waals surface area contributed by atoms with Crippen LogP contribution in [0.2, 0.25) is 0 Å². The van der Waals surface area contributed by atoms with Crippen LogP contribution in [0.3, 0.4) is 0 Å². The highest BCUT2D eigenvalue weighted by atomic mass is 15.3. The van der Waals surface area contributed by atoms with E-state index in [-0.39, 0.29) is 5.95 Å². The summed E-state index contributed by atoms with van der Waals surface area (Å²) >= 11 is 0. The van der Waals surface area contributed by atoms with Gasteiger partial charge in [-0.2, -0.15) is 15.1 Å². The lowest BCUT2D eigenvalue weighted by atomic mass is 10.4. The Bertz CT molecular complexity index is 516. The Morgan fingerprint density at radius 3 is 2.56 bits per heavy atom. The van der Waals surface area contributed by atoms with Crippen LogP contribution in [0.25, 0.3) is 5.82 Å². The molecular weight excluding hydrogens is 204 g/mol. The molecule has 84 valence electrons. The molecule has 0 aliphatic heterocycles. The summed E-state index contributed by atoms with van der Waals surface area (Å²) < 4.78 is 1.74. The van der Waals surface area contributed by atoms with Gasteiger partial charge < -0.3 is 11.1 Å². The maximum atomic E-state index is 5.63. The van der Waals surface area contributed by atoms with Crippen LogP contribution in [0.4, 0.5) is 11.8 Å². The van der Waals surface area contributed by atoms with Gasteiger partial charge in [-0.1, -0.05) is 0 Å². The van der Waals surface area contributed by atoms with E-state index in [1.165, 1.54) is 0 Å². The molecule has 3 N–H and O–H groups in total. The molecule has 0 spiro atoms. The summed E-state index contributed by atoms with van der Waals surface area (Å²) in [6.45, 7) is 3.91. The third-order valence-corrected chi connectivity index (χ3v) is 2.21. The topological polar surface area (TPSA) is 81.7 Å². The van der Waals surface area contributed by atoms with E-state index in [2.05, 4.69) is 20.4 Å². The van der Waals surface area contributed by atoms with Crippen molar-refractivity contribution in [2.75, 3.05) is 18.1 Å². The Kier molecular flexibility index (Phi) is 2.47. The first-order valence-corrected chi connectivity index (χ1v) is 4.96. The lowest BCUT2D eigenvalue weighted by Gasteiger charge is -2.06. The maximum Gasteiger partial charge on any atom is 0.224 e. The van der Waals surface area contributed by atoms with Gasteiger partial charge in [-0.15, -0.1) is 0 Å². The lowest BCUT2D eigenvalue weighted by Crippen LogP contribution is -2.07. The van der Waals surface area contributed by atoms with Crippen molar-refractivity contribution in [3.8, 4) is 5.82 Å². The zero-order valence-electron chi connectivity index (χ0n) is 9.52. The molecule has 0 amide bonds. The van der Waals surface area contributed by atoms with Crippen molar-refractivity contribution >= 4 is 11.8 Å². The highest BCUT2D eigenvalue weighted by Crippen LogP contribution is 2.14. The summed E-state index contributed by atoms with van der Waals surface area (Å²) in [7, 11) is 1.78. The first-order chi connectivity index (χ1) is 7.60. The molecule has 0 atom stereocenters. The SMILES string of the molecule is CNc1cc(-n2nc(C)cc2C)nc(N)n1. The summed E-state index contributed by atoms with van der Waals surface area (Å²) in [5, 5.41) is 7.27. The van der Waals surface area contributed by atoms with Crippen molar-refractivity contribution in [2.24, 2.45) is 0 Å². The van der Waals surface area contributed by atoms with Crippen LogP contribution < -0.4 is 11.1 Å². The summed E-state index contributed by atoms with van der Waals surface area (Å²) in [6, 6.07) is 3.78. The number of anilines is 2. The minimum absolute atomic E-state index is 0.231. The second-order valence-electron chi connectivity index (χ2n) is 3.56. The van der Waals surface area contributed by atoms with Crippen molar-refractivity contribution in [1.82, 2.24) is 19.7 Å². The number of hydrogen-bond acceptors (Lipinski definition) is 5. The number of nitrogens with two attached hydrogens (primary N) is 1. The predicted molar refractivity (Wildman–Crippen MR) is 62.6 cm³/mol. The molecule has 6 heteroatoms. The van der Waals surface area contributed by atoms with E-state index >= 15 is 0 Å². The standard InChI is InChI=1S/C10H14N6/c1-6-4-7(2)16(15-6)9-5-8(12-3)13-10(11)14-9/h4-5H,1-3H3,(H3,11,12,13,14). The summed E-state index contributed by atoms with van der Waals surface area (Å²) in [4.78, 5) is 8.18. The largest absolute Gasteiger partial charge is 0.373 e. The number of nitrogens with zero attached hydrogens (tertiary/aromatic N) is 4. The van der Waals surface area contributed by atoms with Crippen LogP contribution in [0.1, 0.15) is 11.4 Å². The van der Waals surface area contributed by atoms with Gasteiger partial charge in [-0.05, 0) is 19.9 Å². The highest BCUT2D eigenvalue weighted by Gasteiger charge is 2.07. The zero-order valence-corrected chi connectivity index (χ0v) is 9.52. The van der Waals surface area contributed by atoms with E-state index in [1.807, 2.05) is 19.9 Å². The predicted octanol–water partition coefficient (Wildman–Crippen LogP) is 0.903. The van der Waals surface area contributed by atoms with E-state index in [0.717, 1.165) is 11.4 Å². The molecule has 0 saturated heterocycles. The molecule has 16 heavy (non-hydrogen) atoms. The second-order valence-corrected chi connectivity index (χ2v) is 3.56. The average Bonchev–Trinajstić information content (AvgIpc) is 2.57. The van der Waals surface area contributed by atoms with Crippen LogP contribution in [-0.4, -0.2) is 26.8 Å². The van der Waals surface area contributed by atoms with Crippen molar-refractivity contribution in [2.45, 2.75) is 13.8 Å². The van der Waals surface area contributed by atoms with Crippen LogP contribution in [0.5, 0.6) is 0 Å². The minimum Gasteiger partial charge on any atom is -0.373 e. The second kappa shape index (κ2) is 3.80. The molecule has 0 aliphatic carbocycles. The molecule has 0 unspecified atom stereocenters. The maximum absolute atomic E-state index is 5.63. The quantitative estimate of drug-likeness (QED) is 0.782. The van der Waals surface area contributed by atoms with Crippen molar-refractivity contribution in [3.05, 3.63) is 23.5 Å². The Labute approximate surface area is 93.5 Å². The number of rotatable bonds is 2. The van der Waals surface area contributed by atoms with Crippen molar-refractivity contribution in [1.29, 1.82) is 0 Å². The van der Waals surface area contributed by atoms with Crippen LogP contribution in [0, 0.1) is 13.8 Å². The Balaban J connectivity index is 2.55. The third kappa shape index (κ3) is 1.81. The fourth-order valence-corrected chi connectivity index (χ4v) is 1.55. The Hall–Kier alpha value is -2.11. The van der Waals surface area contributed by atoms with Gasteiger partial charge in [0.1, 0.15) is 5.82 Å². The fourth-order valence-electron chi connectivity index (χ4n) is 1.55. The fraction of sp³-hybridized carbons (Fsp3) is 0.300. The van der Waals surface area contributed by atoms with Crippen LogP contribution in [0.15, 0.2) is 12.1 Å². The highest BCUT2D eigenvalue weighted by molar-refractivity contribution is 5.45. The summed E-state index contributed by atoms with van der Waals surface area (Å²) in [5.41, 5.74) is 7.58. The molecular formula is C10H14N6. The van der Waals surface area contributed by atoms with E-state index < -0.39 is 0 Å². The van der Waals surface area contributed by atoms with E-state index in [0.29, 0.717) is 11.6 Å². The number of hydrogen-bond donors (Lipinski definition) is 2. The molecule has 2 rings (SSSR count). The van der Waals surface area contributed by atoms with Crippen LogP contribution >= 0.6 is 0 Å². The molecule has 0 bridgehead atoms. The van der Waals surface area contributed by atoms with Gasteiger partial charge in [-0.25, -0.2) is 4.68 Å². The number of nitrogen functional groups attached to an aromatic ring is 1. The third-order valence-electron chi connectivity index (χ3n) is 2.21. The zero-order chi connectivity index (χ0) is 11.7. The van der Waals surface area contributed by atoms with E-state index in [4.69, 9.17) is 5.73 Å². The first-order valence-electron chi connectivity index (χ1n) is 4.96. The molecule has 2 heterocycles. The molecule has 0 saturated carbocycles. The van der Waals surface area contributed by atoms with Gasteiger partial charge in [0.2, 0.25) is 5.95 Å². The smallest absolute Gasteiger partial charge is 0.224 e. The Morgan fingerprint density at radius 2 is 2.00 bits per heavy atom. The summed E-state index contributed by atoms with van der Waals surface area (Å²) in [5.74, 6) is 1.58. The van der Waals surface area contributed by atoms with Crippen molar-refractivity contribution in [3.63, 3.8) is 0 Å². The summed E-state index contributed by atoms with van der Waals surface area (Å²) in [6.07, 6.45) is 0. The molecule has 0 aromatic carbocycles. The molecule has 0 fully saturated rings. The number of aryl methyl sites for hydroxylation is 2. The van der Waals surface area contributed by atoms with Gasteiger partial charge in [-0.3, -0.25) is 0 Å². The van der Waals surface area contributed by atoms with E-state index in [1.54, 1.807) is 17.8 Å². The molecule has 2 aromatic heterocycles. The Morgan fingerprint density at radius 1 is 1.25 bits per heavy atom. The van der Waals surface area contributed by atoms with Gasteiger partial charge in [0.05, 0.1) is 5.69 Å². The van der Waals surface area contributed by atoms with Gasteiger partial charge >= 0.3 is 0 Å². The molecule has 6 nitrogen and oxygen atoms in total.